The molecule has 0 atom stereocenters. The highest BCUT2D eigenvalue weighted by Crippen LogP contribution is 2.29. The maximum Gasteiger partial charge on any atom is 0.338 e. The minimum atomic E-state index is -3.79. The van der Waals surface area contributed by atoms with Crippen molar-refractivity contribution >= 4 is 16.0 Å². The number of nitrogens with zero attached hydrogens (tertiary/aromatic N) is 2. The third kappa shape index (κ3) is 4.99. The summed E-state index contributed by atoms with van der Waals surface area (Å²) in [7, 11) is -2.39. The van der Waals surface area contributed by atoms with Gasteiger partial charge in [-0.1, -0.05) is 25.0 Å². The van der Waals surface area contributed by atoms with Crippen molar-refractivity contribution < 1.29 is 22.7 Å². The summed E-state index contributed by atoms with van der Waals surface area (Å²) >= 11 is 0. The minimum Gasteiger partial charge on any atom is -0.495 e. The number of rotatable bonds is 6. The van der Waals surface area contributed by atoms with Crippen molar-refractivity contribution in [2.24, 2.45) is 0 Å². The van der Waals surface area contributed by atoms with E-state index in [0.29, 0.717) is 18.7 Å². The number of ether oxygens (including phenoxy) is 2. The van der Waals surface area contributed by atoms with Crippen molar-refractivity contribution in [3.8, 4) is 11.8 Å². The Hall–Kier alpha value is -2.89. The molecule has 0 radical (unpaired) electrons. The Labute approximate surface area is 176 Å². The second-order valence-corrected chi connectivity index (χ2v) is 8.98. The highest BCUT2D eigenvalue weighted by atomic mass is 32.2. The molecule has 3 rings (SSSR count). The first-order valence-corrected chi connectivity index (χ1v) is 11.2. The van der Waals surface area contributed by atoms with E-state index in [1.165, 1.54) is 29.6 Å². The Morgan fingerprint density at radius 2 is 1.73 bits per heavy atom. The number of carbonyl (C=O) groups is 1. The number of benzene rings is 2. The quantitative estimate of drug-likeness (QED) is 0.654. The smallest absolute Gasteiger partial charge is 0.338 e. The molecule has 0 spiro atoms. The summed E-state index contributed by atoms with van der Waals surface area (Å²) < 4.78 is 38.4. The van der Waals surface area contributed by atoms with E-state index in [-0.39, 0.29) is 22.8 Å². The SMILES string of the molecule is COc1ccc(C(=O)OCc2ccc(C#N)cc2)cc1S(=O)(=O)N1CCCCCC1. The number of sulfonamides is 1. The average molecular weight is 429 g/mol. The van der Waals surface area contributed by atoms with Gasteiger partial charge in [0, 0.05) is 13.1 Å². The Balaban J connectivity index is 1.80. The molecule has 0 unspecified atom stereocenters. The van der Waals surface area contributed by atoms with Crippen molar-refractivity contribution in [2.75, 3.05) is 20.2 Å². The third-order valence-electron chi connectivity index (χ3n) is 5.04. The van der Waals surface area contributed by atoms with E-state index in [9.17, 15) is 13.2 Å². The molecule has 0 N–H and O–H groups in total. The van der Waals surface area contributed by atoms with Crippen molar-refractivity contribution in [1.82, 2.24) is 4.31 Å². The van der Waals surface area contributed by atoms with Crippen LogP contribution in [0.4, 0.5) is 0 Å². The summed E-state index contributed by atoms with van der Waals surface area (Å²) in [6.07, 6.45) is 3.64. The molecular formula is C22H24N2O5S. The predicted octanol–water partition coefficient (Wildman–Crippen LogP) is 3.49. The summed E-state index contributed by atoms with van der Waals surface area (Å²) in [5.74, 6) is -0.433. The molecule has 1 aliphatic heterocycles. The second-order valence-electron chi connectivity index (χ2n) is 7.07. The number of methoxy groups -OCH3 is 1. The second kappa shape index (κ2) is 9.74. The normalized spacial score (nSPS) is 15.1. The van der Waals surface area contributed by atoms with Crippen LogP contribution in [0.15, 0.2) is 47.4 Å². The predicted molar refractivity (Wildman–Crippen MR) is 110 cm³/mol. The van der Waals surface area contributed by atoms with E-state index in [0.717, 1.165) is 31.2 Å². The van der Waals surface area contributed by atoms with E-state index in [4.69, 9.17) is 14.7 Å². The molecule has 1 saturated heterocycles. The Bertz CT molecular complexity index is 1030. The van der Waals surface area contributed by atoms with Gasteiger partial charge in [0.1, 0.15) is 17.3 Å². The molecule has 1 aliphatic rings. The Morgan fingerprint density at radius 1 is 1.07 bits per heavy atom. The van der Waals surface area contributed by atoms with Crippen LogP contribution in [0.2, 0.25) is 0 Å². The van der Waals surface area contributed by atoms with Crippen LogP contribution in [0.1, 0.15) is 47.2 Å². The summed E-state index contributed by atoms with van der Waals surface area (Å²) in [6, 6.07) is 13.0. The summed E-state index contributed by atoms with van der Waals surface area (Å²) in [4.78, 5) is 12.5. The van der Waals surface area contributed by atoms with Crippen LogP contribution in [0.25, 0.3) is 0 Å². The lowest BCUT2D eigenvalue weighted by Gasteiger charge is -2.21. The zero-order valence-corrected chi connectivity index (χ0v) is 17.7. The van der Waals surface area contributed by atoms with Gasteiger partial charge in [-0.25, -0.2) is 13.2 Å². The van der Waals surface area contributed by atoms with Gasteiger partial charge in [-0.05, 0) is 48.7 Å². The van der Waals surface area contributed by atoms with Gasteiger partial charge in [0.15, 0.2) is 0 Å². The molecule has 1 heterocycles. The molecule has 7 nitrogen and oxygen atoms in total. The van der Waals surface area contributed by atoms with Crippen LogP contribution in [-0.2, 0) is 21.4 Å². The fourth-order valence-electron chi connectivity index (χ4n) is 3.33. The number of esters is 1. The average Bonchev–Trinajstić information content (AvgIpc) is 3.07. The molecule has 2 aromatic rings. The zero-order valence-electron chi connectivity index (χ0n) is 16.8. The molecule has 2 aromatic carbocycles. The van der Waals surface area contributed by atoms with Crippen molar-refractivity contribution in [1.29, 1.82) is 5.26 Å². The first-order chi connectivity index (χ1) is 14.5. The monoisotopic (exact) mass is 428 g/mol. The number of hydrogen-bond donors (Lipinski definition) is 0. The first-order valence-electron chi connectivity index (χ1n) is 9.80. The molecule has 30 heavy (non-hydrogen) atoms. The van der Waals surface area contributed by atoms with Gasteiger partial charge in [-0.2, -0.15) is 9.57 Å². The summed E-state index contributed by atoms with van der Waals surface area (Å²) in [5.41, 5.74) is 1.38. The minimum absolute atomic E-state index is 0.0186. The van der Waals surface area contributed by atoms with E-state index < -0.39 is 16.0 Å². The van der Waals surface area contributed by atoms with Crippen LogP contribution in [0.3, 0.4) is 0 Å². The molecule has 0 amide bonds. The van der Waals surface area contributed by atoms with Gasteiger partial charge < -0.3 is 9.47 Å². The molecule has 1 fully saturated rings. The highest BCUT2D eigenvalue weighted by molar-refractivity contribution is 7.89. The molecule has 0 saturated carbocycles. The topological polar surface area (TPSA) is 96.7 Å². The fraction of sp³-hybridized carbons (Fsp3) is 0.364. The van der Waals surface area contributed by atoms with Crippen LogP contribution < -0.4 is 4.74 Å². The van der Waals surface area contributed by atoms with Gasteiger partial charge in [0.25, 0.3) is 0 Å². The van der Waals surface area contributed by atoms with Gasteiger partial charge >= 0.3 is 5.97 Å². The Kier molecular flexibility index (Phi) is 7.08. The summed E-state index contributed by atoms with van der Waals surface area (Å²) in [5, 5.41) is 8.84. The largest absolute Gasteiger partial charge is 0.495 e. The maximum absolute atomic E-state index is 13.2. The van der Waals surface area contributed by atoms with Gasteiger partial charge in [-0.3, -0.25) is 0 Å². The molecular weight excluding hydrogens is 404 g/mol. The lowest BCUT2D eigenvalue weighted by atomic mass is 10.1. The summed E-state index contributed by atoms with van der Waals surface area (Å²) in [6.45, 7) is 0.933. The lowest BCUT2D eigenvalue weighted by molar-refractivity contribution is 0.0472. The van der Waals surface area contributed by atoms with Crippen LogP contribution >= 0.6 is 0 Å². The maximum atomic E-state index is 13.2. The Morgan fingerprint density at radius 3 is 2.33 bits per heavy atom. The highest BCUT2D eigenvalue weighted by Gasteiger charge is 2.29. The fourth-order valence-corrected chi connectivity index (χ4v) is 5.03. The van der Waals surface area contributed by atoms with E-state index in [1.54, 1.807) is 24.3 Å². The van der Waals surface area contributed by atoms with Crippen LogP contribution in [-0.4, -0.2) is 38.9 Å². The van der Waals surface area contributed by atoms with E-state index in [1.807, 2.05) is 6.07 Å². The first kappa shape index (κ1) is 21.8. The van der Waals surface area contributed by atoms with Crippen LogP contribution in [0.5, 0.6) is 5.75 Å². The van der Waals surface area contributed by atoms with Crippen molar-refractivity contribution in [3.05, 3.63) is 59.2 Å². The van der Waals surface area contributed by atoms with Gasteiger partial charge in [-0.15, -0.1) is 0 Å². The molecule has 0 bridgehead atoms. The van der Waals surface area contributed by atoms with Crippen molar-refractivity contribution in [2.45, 2.75) is 37.2 Å². The number of carbonyl (C=O) groups excluding carboxylic acids is 1. The lowest BCUT2D eigenvalue weighted by Crippen LogP contribution is -2.32. The number of hydrogen-bond acceptors (Lipinski definition) is 6. The van der Waals surface area contributed by atoms with Crippen LogP contribution in [0, 0.1) is 11.3 Å². The molecule has 0 aromatic heterocycles. The number of nitriles is 1. The molecule has 158 valence electrons. The molecule has 0 aliphatic carbocycles. The zero-order chi connectivity index (χ0) is 21.6. The standard InChI is InChI=1S/C22H24N2O5S/c1-28-20-11-10-19(22(25)29-16-18-8-6-17(15-23)7-9-18)14-21(20)30(26,27)24-12-4-2-3-5-13-24/h6-11,14H,2-5,12-13,16H2,1H3. The van der Waals surface area contributed by atoms with E-state index in [2.05, 4.69) is 0 Å². The van der Waals surface area contributed by atoms with Gasteiger partial charge in [0.2, 0.25) is 10.0 Å². The van der Waals surface area contributed by atoms with Gasteiger partial charge in [0.05, 0.1) is 24.3 Å². The molecule has 8 heteroatoms. The van der Waals surface area contributed by atoms with Crippen molar-refractivity contribution in [3.63, 3.8) is 0 Å². The van der Waals surface area contributed by atoms with E-state index >= 15 is 0 Å². The third-order valence-corrected chi connectivity index (χ3v) is 6.95.